The van der Waals surface area contributed by atoms with Crippen LogP contribution in [0, 0.1) is 19.8 Å². The molecular formula is C13H19N. The van der Waals surface area contributed by atoms with E-state index in [0.29, 0.717) is 6.04 Å². The molecule has 0 amide bonds. The maximum Gasteiger partial charge on any atom is 0.0374 e. The molecule has 14 heavy (non-hydrogen) atoms. The van der Waals surface area contributed by atoms with E-state index >= 15 is 0 Å². The van der Waals surface area contributed by atoms with Crippen molar-refractivity contribution in [3.05, 3.63) is 29.3 Å². The summed E-state index contributed by atoms with van der Waals surface area (Å²) in [7, 11) is 0. The van der Waals surface area contributed by atoms with E-state index in [1.54, 1.807) is 0 Å². The molecule has 1 aliphatic carbocycles. The highest BCUT2D eigenvalue weighted by Crippen LogP contribution is 2.30. The number of hydrogen-bond acceptors (Lipinski definition) is 1. The van der Waals surface area contributed by atoms with Gasteiger partial charge in [-0.2, -0.15) is 0 Å². The lowest BCUT2D eigenvalue weighted by atomic mass is 9.81. The number of rotatable bonds is 2. The smallest absolute Gasteiger partial charge is 0.0374 e. The van der Waals surface area contributed by atoms with E-state index in [2.05, 4.69) is 44.3 Å². The van der Waals surface area contributed by atoms with E-state index in [9.17, 15) is 0 Å². The zero-order valence-electron chi connectivity index (χ0n) is 9.30. The summed E-state index contributed by atoms with van der Waals surface area (Å²) in [5.41, 5.74) is 4.02. The zero-order valence-corrected chi connectivity index (χ0v) is 9.30. The van der Waals surface area contributed by atoms with E-state index in [4.69, 9.17) is 0 Å². The minimum absolute atomic E-state index is 0.713. The average Bonchev–Trinajstić information content (AvgIpc) is 2.09. The first-order valence-electron chi connectivity index (χ1n) is 5.49. The minimum Gasteiger partial charge on any atom is -0.382 e. The fraction of sp³-hybridized carbons (Fsp3) is 0.538. The molecule has 1 heteroatoms. The third kappa shape index (κ3) is 1.92. The Morgan fingerprint density at radius 1 is 1.21 bits per heavy atom. The summed E-state index contributed by atoms with van der Waals surface area (Å²) in [5.74, 6) is 0.914. The van der Waals surface area contributed by atoms with E-state index in [-0.39, 0.29) is 0 Å². The van der Waals surface area contributed by atoms with E-state index in [1.807, 2.05) is 0 Å². The largest absolute Gasteiger partial charge is 0.382 e. The summed E-state index contributed by atoms with van der Waals surface area (Å²) in [6.45, 7) is 6.64. The first kappa shape index (κ1) is 9.57. The molecule has 0 unspecified atom stereocenters. The number of nitrogens with one attached hydrogen (secondary N) is 1. The van der Waals surface area contributed by atoms with Crippen LogP contribution in [0.3, 0.4) is 0 Å². The molecule has 0 heterocycles. The van der Waals surface area contributed by atoms with Crippen LogP contribution in [-0.2, 0) is 0 Å². The summed E-state index contributed by atoms with van der Waals surface area (Å²) < 4.78 is 0. The summed E-state index contributed by atoms with van der Waals surface area (Å²) in [5, 5.41) is 3.62. The lowest BCUT2D eigenvalue weighted by molar-refractivity contribution is 0.309. The van der Waals surface area contributed by atoms with E-state index in [0.717, 1.165) is 5.92 Å². The molecule has 1 nitrogen and oxygen atoms in total. The van der Waals surface area contributed by atoms with Crippen molar-refractivity contribution in [1.29, 1.82) is 0 Å². The quantitative estimate of drug-likeness (QED) is 0.750. The number of anilines is 1. The Kier molecular flexibility index (Phi) is 2.49. The van der Waals surface area contributed by atoms with Crippen LogP contribution in [0.1, 0.15) is 30.9 Å². The van der Waals surface area contributed by atoms with Gasteiger partial charge in [-0.15, -0.1) is 0 Å². The van der Waals surface area contributed by atoms with Crippen molar-refractivity contribution in [3.63, 3.8) is 0 Å². The molecule has 2 rings (SSSR count). The van der Waals surface area contributed by atoms with Crippen LogP contribution in [0.2, 0.25) is 0 Å². The van der Waals surface area contributed by atoms with Crippen molar-refractivity contribution in [2.75, 3.05) is 5.32 Å². The van der Waals surface area contributed by atoms with Gasteiger partial charge in [-0.3, -0.25) is 0 Å². The maximum atomic E-state index is 3.62. The average molecular weight is 189 g/mol. The zero-order chi connectivity index (χ0) is 10.1. The molecule has 1 saturated carbocycles. The molecule has 1 aromatic rings. The summed E-state index contributed by atoms with van der Waals surface area (Å²) in [6.07, 6.45) is 2.65. The van der Waals surface area contributed by atoms with Gasteiger partial charge in [-0.1, -0.05) is 19.1 Å². The van der Waals surface area contributed by atoms with Gasteiger partial charge in [-0.25, -0.2) is 0 Å². The highest BCUT2D eigenvalue weighted by Gasteiger charge is 2.25. The minimum atomic E-state index is 0.713. The Morgan fingerprint density at radius 3 is 2.57 bits per heavy atom. The second-order valence-electron chi connectivity index (χ2n) is 4.74. The standard InChI is InChI=1S/C13H19N/c1-9-4-5-11(3)13(8-9)14-12-6-10(2)7-12/h4-5,8,10,12,14H,6-7H2,1-3H3. The van der Waals surface area contributed by atoms with Crippen molar-refractivity contribution in [2.45, 2.75) is 39.7 Å². The van der Waals surface area contributed by atoms with Crippen LogP contribution >= 0.6 is 0 Å². The van der Waals surface area contributed by atoms with Crippen LogP contribution < -0.4 is 5.32 Å². The fourth-order valence-electron chi connectivity index (χ4n) is 2.13. The van der Waals surface area contributed by atoms with Gasteiger partial charge < -0.3 is 5.32 Å². The number of aryl methyl sites for hydroxylation is 2. The second-order valence-corrected chi connectivity index (χ2v) is 4.74. The van der Waals surface area contributed by atoms with Gasteiger partial charge >= 0.3 is 0 Å². The number of benzene rings is 1. The maximum absolute atomic E-state index is 3.62. The van der Waals surface area contributed by atoms with Gasteiger partial charge in [0.2, 0.25) is 0 Å². The van der Waals surface area contributed by atoms with Crippen LogP contribution in [0.25, 0.3) is 0 Å². The monoisotopic (exact) mass is 189 g/mol. The van der Waals surface area contributed by atoms with Gasteiger partial charge in [0.25, 0.3) is 0 Å². The highest BCUT2D eigenvalue weighted by molar-refractivity contribution is 5.53. The summed E-state index contributed by atoms with van der Waals surface area (Å²) in [4.78, 5) is 0. The van der Waals surface area contributed by atoms with E-state index in [1.165, 1.54) is 29.7 Å². The molecule has 0 aliphatic heterocycles. The Hall–Kier alpha value is -0.980. The predicted octanol–water partition coefficient (Wildman–Crippen LogP) is 3.51. The topological polar surface area (TPSA) is 12.0 Å². The second kappa shape index (κ2) is 3.64. The molecule has 0 bridgehead atoms. The van der Waals surface area contributed by atoms with E-state index < -0.39 is 0 Å². The third-order valence-electron chi connectivity index (χ3n) is 3.13. The van der Waals surface area contributed by atoms with Crippen molar-refractivity contribution in [2.24, 2.45) is 5.92 Å². The van der Waals surface area contributed by atoms with Crippen molar-refractivity contribution in [3.8, 4) is 0 Å². The molecule has 0 atom stereocenters. The molecule has 0 radical (unpaired) electrons. The molecule has 1 aromatic carbocycles. The van der Waals surface area contributed by atoms with Crippen molar-refractivity contribution < 1.29 is 0 Å². The van der Waals surface area contributed by atoms with Crippen LogP contribution in [-0.4, -0.2) is 6.04 Å². The fourth-order valence-corrected chi connectivity index (χ4v) is 2.13. The molecule has 76 valence electrons. The molecule has 1 N–H and O–H groups in total. The van der Waals surface area contributed by atoms with Crippen LogP contribution in [0.4, 0.5) is 5.69 Å². The Labute approximate surface area is 86.5 Å². The third-order valence-corrected chi connectivity index (χ3v) is 3.13. The highest BCUT2D eigenvalue weighted by atomic mass is 14.9. The molecule has 1 fully saturated rings. The first-order valence-corrected chi connectivity index (χ1v) is 5.49. The predicted molar refractivity (Wildman–Crippen MR) is 61.7 cm³/mol. The van der Waals surface area contributed by atoms with Crippen molar-refractivity contribution in [1.82, 2.24) is 0 Å². The Bertz CT molecular complexity index is 324. The molecule has 0 saturated heterocycles. The molecule has 0 spiro atoms. The molecule has 0 aromatic heterocycles. The molecule has 1 aliphatic rings. The normalized spacial score (nSPS) is 25.6. The lowest BCUT2D eigenvalue weighted by Crippen LogP contribution is -2.33. The SMILES string of the molecule is Cc1ccc(C)c(NC2CC(C)C2)c1. The number of hydrogen-bond donors (Lipinski definition) is 1. The lowest BCUT2D eigenvalue weighted by Gasteiger charge is -2.34. The van der Waals surface area contributed by atoms with Gasteiger partial charge in [0, 0.05) is 11.7 Å². The van der Waals surface area contributed by atoms with Crippen molar-refractivity contribution >= 4 is 5.69 Å². The Balaban J connectivity index is 2.05. The Morgan fingerprint density at radius 2 is 1.93 bits per heavy atom. The van der Waals surface area contributed by atoms with Gasteiger partial charge in [0.05, 0.1) is 0 Å². The molecular weight excluding hydrogens is 170 g/mol. The van der Waals surface area contributed by atoms with Gasteiger partial charge in [0.15, 0.2) is 0 Å². The van der Waals surface area contributed by atoms with Crippen LogP contribution in [0.15, 0.2) is 18.2 Å². The summed E-state index contributed by atoms with van der Waals surface area (Å²) in [6, 6.07) is 7.33. The van der Waals surface area contributed by atoms with Gasteiger partial charge in [-0.05, 0) is 49.8 Å². The van der Waals surface area contributed by atoms with Crippen LogP contribution in [0.5, 0.6) is 0 Å². The first-order chi connectivity index (χ1) is 6.65. The van der Waals surface area contributed by atoms with Gasteiger partial charge in [0.1, 0.15) is 0 Å². The summed E-state index contributed by atoms with van der Waals surface area (Å²) >= 11 is 0.